The molecule has 2 aromatic carbocycles. The van der Waals surface area contributed by atoms with E-state index in [1.165, 1.54) is 22.5 Å². The molecule has 25 heavy (non-hydrogen) atoms. The molecule has 0 unspecified atom stereocenters. The molecule has 0 bridgehead atoms. The Morgan fingerprint density at radius 3 is 2.96 bits per heavy atom. The lowest BCUT2D eigenvalue weighted by atomic mass is 10.1. The number of hydrogen-bond acceptors (Lipinski definition) is 3. The minimum atomic E-state index is 0.827. The Hall–Kier alpha value is -1.85. The maximum absolute atomic E-state index is 4.93. The topological polar surface area (TPSA) is 30.9 Å². The number of benzene rings is 2. The molecule has 2 aliphatic rings. The zero-order valence-corrected chi connectivity index (χ0v) is 16.3. The second-order valence-corrected chi connectivity index (χ2v) is 7.80. The van der Waals surface area contributed by atoms with Crippen molar-refractivity contribution in [1.82, 2.24) is 4.90 Å². The quantitative estimate of drug-likeness (QED) is 0.780. The second kappa shape index (κ2) is 6.81. The lowest BCUT2D eigenvalue weighted by molar-refractivity contribution is 0.403. The molecule has 0 saturated heterocycles. The Kier molecular flexibility index (Phi) is 4.52. The van der Waals surface area contributed by atoms with Crippen LogP contribution in [0, 0.1) is 0 Å². The van der Waals surface area contributed by atoms with Crippen molar-refractivity contribution in [2.24, 2.45) is 4.99 Å². The van der Waals surface area contributed by atoms with Crippen molar-refractivity contribution in [3.8, 4) is 0 Å². The van der Waals surface area contributed by atoms with Crippen LogP contribution in [-0.2, 0) is 6.42 Å². The number of aliphatic imine (C=N–C) groups is 1. The third kappa shape index (κ3) is 3.18. The highest BCUT2D eigenvalue weighted by atomic mass is 79.9. The Labute approximate surface area is 157 Å². The Morgan fingerprint density at radius 1 is 1.24 bits per heavy atom. The summed E-state index contributed by atoms with van der Waals surface area (Å²) in [6, 6.07) is 13.0. The van der Waals surface area contributed by atoms with Gasteiger partial charge in [-0.2, -0.15) is 0 Å². The van der Waals surface area contributed by atoms with Gasteiger partial charge in [-0.05, 0) is 63.3 Å². The number of amidine groups is 1. The van der Waals surface area contributed by atoms with Crippen LogP contribution in [-0.4, -0.2) is 44.5 Å². The van der Waals surface area contributed by atoms with Crippen LogP contribution in [0.1, 0.15) is 17.5 Å². The predicted molar refractivity (Wildman–Crippen MR) is 109 cm³/mol. The van der Waals surface area contributed by atoms with Gasteiger partial charge in [-0.1, -0.05) is 28.1 Å². The molecule has 0 aromatic heterocycles. The van der Waals surface area contributed by atoms with Gasteiger partial charge in [-0.25, -0.2) is 0 Å². The fourth-order valence-electron chi connectivity index (χ4n) is 3.63. The summed E-state index contributed by atoms with van der Waals surface area (Å²) in [5.74, 6) is 0.986. The monoisotopic (exact) mass is 398 g/mol. The summed E-state index contributed by atoms with van der Waals surface area (Å²) in [6.45, 7) is 2.90. The number of hydrogen-bond donors (Lipinski definition) is 1. The first-order valence-corrected chi connectivity index (χ1v) is 9.58. The molecule has 130 valence electrons. The lowest BCUT2D eigenvalue weighted by Gasteiger charge is -2.20. The van der Waals surface area contributed by atoms with Gasteiger partial charge in [0.15, 0.2) is 0 Å². The predicted octanol–water partition coefficient (Wildman–Crippen LogP) is 4.27. The fourth-order valence-corrected chi connectivity index (χ4v) is 3.99. The molecule has 5 heteroatoms. The minimum absolute atomic E-state index is 0.827. The zero-order valence-electron chi connectivity index (χ0n) is 14.7. The first kappa shape index (κ1) is 16.6. The summed E-state index contributed by atoms with van der Waals surface area (Å²) in [7, 11) is 4.21. The van der Waals surface area contributed by atoms with E-state index in [2.05, 4.69) is 81.5 Å². The third-order valence-electron chi connectivity index (χ3n) is 4.79. The third-order valence-corrected chi connectivity index (χ3v) is 5.28. The molecule has 2 aromatic rings. The summed E-state index contributed by atoms with van der Waals surface area (Å²) >= 11 is 3.60. The molecule has 2 heterocycles. The average molecular weight is 399 g/mol. The molecule has 2 aliphatic heterocycles. The number of fused-ring (bicyclic) bond motifs is 2. The van der Waals surface area contributed by atoms with Crippen molar-refractivity contribution in [3.63, 3.8) is 0 Å². The average Bonchev–Trinajstić information content (AvgIpc) is 2.96. The summed E-state index contributed by atoms with van der Waals surface area (Å²) in [6.07, 6.45) is 2.15. The molecule has 1 N–H and O–H groups in total. The molecule has 0 aliphatic carbocycles. The molecule has 0 saturated carbocycles. The molecule has 0 spiro atoms. The van der Waals surface area contributed by atoms with E-state index >= 15 is 0 Å². The van der Waals surface area contributed by atoms with E-state index in [0.29, 0.717) is 0 Å². The normalized spacial score (nSPS) is 16.6. The number of halogens is 1. The molecule has 0 fully saturated rings. The maximum Gasteiger partial charge on any atom is 0.134 e. The fraction of sp³-hybridized carbons (Fsp3) is 0.350. The molecule has 0 atom stereocenters. The van der Waals surface area contributed by atoms with E-state index in [9.17, 15) is 0 Å². The zero-order chi connectivity index (χ0) is 17.4. The van der Waals surface area contributed by atoms with Crippen molar-refractivity contribution in [2.75, 3.05) is 43.9 Å². The summed E-state index contributed by atoms with van der Waals surface area (Å²) < 4.78 is 1.08. The van der Waals surface area contributed by atoms with Gasteiger partial charge in [0, 0.05) is 23.1 Å². The van der Waals surface area contributed by atoms with Gasteiger partial charge in [0.25, 0.3) is 0 Å². The van der Waals surface area contributed by atoms with Gasteiger partial charge in [0.05, 0.1) is 17.1 Å². The van der Waals surface area contributed by atoms with Gasteiger partial charge in [0.2, 0.25) is 0 Å². The lowest BCUT2D eigenvalue weighted by Crippen LogP contribution is -2.16. The standard InChI is InChI=1S/C20H23BrN4/c1-24(2)11-4-10-22-20-16-6-3-5-14-9-12-25(19(14)16)18-8-7-15(21)13-17(18)23-20/h3,5-8,13H,4,9-12H2,1-2H3,(H,22,23). The molecule has 0 radical (unpaired) electrons. The smallest absolute Gasteiger partial charge is 0.134 e. The highest BCUT2D eigenvalue weighted by molar-refractivity contribution is 9.10. The van der Waals surface area contributed by atoms with Gasteiger partial charge in [-0.15, -0.1) is 0 Å². The second-order valence-electron chi connectivity index (χ2n) is 6.89. The van der Waals surface area contributed by atoms with Crippen LogP contribution < -0.4 is 10.2 Å². The number of nitrogens with zero attached hydrogens (tertiary/aromatic N) is 3. The first-order chi connectivity index (χ1) is 12.1. The van der Waals surface area contributed by atoms with Crippen molar-refractivity contribution in [3.05, 3.63) is 52.0 Å². The van der Waals surface area contributed by atoms with E-state index < -0.39 is 0 Å². The Balaban J connectivity index is 1.76. The van der Waals surface area contributed by atoms with Crippen LogP contribution in [0.2, 0.25) is 0 Å². The molecule has 0 amide bonds. The summed E-state index contributed by atoms with van der Waals surface area (Å²) in [5, 5.41) is 3.60. The van der Waals surface area contributed by atoms with Crippen LogP contribution in [0.5, 0.6) is 0 Å². The van der Waals surface area contributed by atoms with Crippen molar-refractivity contribution in [2.45, 2.75) is 12.8 Å². The highest BCUT2D eigenvalue weighted by Crippen LogP contribution is 2.44. The molecular formula is C20H23BrN4. The minimum Gasteiger partial charge on any atom is -0.339 e. The van der Waals surface area contributed by atoms with Crippen LogP contribution in [0.25, 0.3) is 0 Å². The van der Waals surface area contributed by atoms with Gasteiger partial charge in [-0.3, -0.25) is 4.99 Å². The summed E-state index contributed by atoms with van der Waals surface area (Å²) in [5.41, 5.74) is 6.29. The molecule has 4 rings (SSSR count). The maximum atomic E-state index is 4.93. The van der Waals surface area contributed by atoms with Crippen molar-refractivity contribution >= 4 is 38.8 Å². The van der Waals surface area contributed by atoms with Crippen LogP contribution in [0.3, 0.4) is 0 Å². The molecular weight excluding hydrogens is 376 g/mol. The van der Waals surface area contributed by atoms with Crippen LogP contribution in [0.4, 0.5) is 17.1 Å². The van der Waals surface area contributed by atoms with Crippen molar-refractivity contribution < 1.29 is 0 Å². The largest absolute Gasteiger partial charge is 0.339 e. The van der Waals surface area contributed by atoms with Gasteiger partial charge < -0.3 is 15.1 Å². The number of anilines is 3. The van der Waals surface area contributed by atoms with E-state index in [4.69, 9.17) is 4.99 Å². The number of nitrogens with one attached hydrogen (secondary N) is 1. The first-order valence-electron chi connectivity index (χ1n) is 8.79. The van der Waals surface area contributed by atoms with E-state index in [-0.39, 0.29) is 0 Å². The van der Waals surface area contributed by atoms with E-state index in [0.717, 1.165) is 48.5 Å². The number of para-hydroxylation sites is 1. The van der Waals surface area contributed by atoms with Crippen LogP contribution >= 0.6 is 15.9 Å². The SMILES string of the molecule is CN(C)CCCN=C1Nc2cc(Br)ccc2N2CCc3cccc1c32. The number of rotatable bonds is 4. The summed E-state index contributed by atoms with van der Waals surface area (Å²) in [4.78, 5) is 9.56. The van der Waals surface area contributed by atoms with Crippen LogP contribution in [0.15, 0.2) is 45.9 Å². The Morgan fingerprint density at radius 2 is 2.12 bits per heavy atom. The van der Waals surface area contributed by atoms with Crippen molar-refractivity contribution in [1.29, 1.82) is 0 Å². The van der Waals surface area contributed by atoms with E-state index in [1.54, 1.807) is 0 Å². The van der Waals surface area contributed by atoms with Gasteiger partial charge >= 0.3 is 0 Å². The van der Waals surface area contributed by atoms with E-state index in [1.807, 2.05) is 0 Å². The highest BCUT2D eigenvalue weighted by Gasteiger charge is 2.30. The molecule has 4 nitrogen and oxygen atoms in total. The Bertz CT molecular complexity index is 828. The van der Waals surface area contributed by atoms with Gasteiger partial charge in [0.1, 0.15) is 5.84 Å².